The molecule has 1 aliphatic rings. The third kappa shape index (κ3) is 1.39. The molecule has 2 atom stereocenters. The minimum absolute atomic E-state index is 0.533. The molecule has 0 amide bonds. The van der Waals surface area contributed by atoms with Crippen LogP contribution < -0.4 is 0 Å². The number of carbonyl (C=O) groups is 2. The van der Waals surface area contributed by atoms with Crippen LogP contribution in [-0.4, -0.2) is 24.1 Å². The van der Waals surface area contributed by atoms with Gasteiger partial charge >= 0.3 is 11.9 Å². The van der Waals surface area contributed by atoms with Crippen LogP contribution in [-0.2, 0) is 19.1 Å². The predicted octanol–water partition coefficient (Wildman–Crippen LogP) is 0.0295. The van der Waals surface area contributed by atoms with Crippen molar-refractivity contribution >= 4 is 11.9 Å². The maximum Gasteiger partial charge on any atom is 0.352 e. The molecule has 4 nitrogen and oxygen atoms in total. The highest BCUT2D eigenvalue weighted by Gasteiger charge is 2.33. The lowest BCUT2D eigenvalue weighted by atomic mass is 10.3. The monoisotopic (exact) mass is 156 g/mol. The molecule has 1 saturated heterocycles. The van der Waals surface area contributed by atoms with Crippen molar-refractivity contribution in [2.24, 2.45) is 0 Å². The summed E-state index contributed by atoms with van der Waals surface area (Å²) in [4.78, 5) is 21.6. The quantitative estimate of drug-likeness (QED) is 0.397. The van der Waals surface area contributed by atoms with Crippen molar-refractivity contribution in [3.63, 3.8) is 0 Å². The number of ether oxygens (including phenoxy) is 2. The molecule has 1 aliphatic heterocycles. The summed E-state index contributed by atoms with van der Waals surface area (Å²) in [5.74, 6) is -1.10. The van der Waals surface area contributed by atoms with Crippen LogP contribution in [0.3, 0.4) is 0 Å². The van der Waals surface area contributed by atoms with Crippen LogP contribution in [0.2, 0.25) is 0 Å². The van der Waals surface area contributed by atoms with E-state index < -0.39 is 24.1 Å². The molecule has 4 heteroatoms. The molecular formula is C7H8O4. The van der Waals surface area contributed by atoms with Gasteiger partial charge in [0.1, 0.15) is 0 Å². The summed E-state index contributed by atoms with van der Waals surface area (Å²) >= 11 is 0. The minimum atomic E-state index is -0.932. The van der Waals surface area contributed by atoms with E-state index in [0.29, 0.717) is 0 Å². The van der Waals surface area contributed by atoms with Gasteiger partial charge in [0.25, 0.3) is 0 Å². The van der Waals surface area contributed by atoms with E-state index >= 15 is 0 Å². The van der Waals surface area contributed by atoms with Crippen LogP contribution in [0.1, 0.15) is 6.92 Å². The normalized spacial score (nSPS) is 30.6. The van der Waals surface area contributed by atoms with Gasteiger partial charge in [-0.3, -0.25) is 0 Å². The zero-order valence-corrected chi connectivity index (χ0v) is 6.07. The highest BCUT2D eigenvalue weighted by atomic mass is 16.6. The van der Waals surface area contributed by atoms with Crippen LogP contribution in [0.15, 0.2) is 12.7 Å². The van der Waals surface area contributed by atoms with Gasteiger partial charge in [-0.05, 0) is 13.0 Å². The molecule has 0 unspecified atom stereocenters. The molecule has 11 heavy (non-hydrogen) atoms. The minimum Gasteiger partial charge on any atom is -0.448 e. The number of hydrogen-bond donors (Lipinski definition) is 0. The second-order valence-electron chi connectivity index (χ2n) is 2.17. The molecule has 1 heterocycles. The van der Waals surface area contributed by atoms with Crippen molar-refractivity contribution in [3.05, 3.63) is 12.7 Å². The van der Waals surface area contributed by atoms with Crippen molar-refractivity contribution in [2.75, 3.05) is 0 Å². The topological polar surface area (TPSA) is 52.6 Å². The van der Waals surface area contributed by atoms with E-state index in [-0.39, 0.29) is 0 Å². The first-order valence-electron chi connectivity index (χ1n) is 3.18. The third-order valence-corrected chi connectivity index (χ3v) is 1.31. The molecule has 1 rings (SSSR count). The average molecular weight is 156 g/mol. The fraction of sp³-hybridized carbons (Fsp3) is 0.429. The Labute approximate surface area is 63.8 Å². The van der Waals surface area contributed by atoms with E-state index in [1.807, 2.05) is 0 Å². The number of esters is 2. The Morgan fingerprint density at radius 1 is 1.36 bits per heavy atom. The van der Waals surface area contributed by atoms with Crippen molar-refractivity contribution in [1.82, 2.24) is 0 Å². The standard InChI is InChI=1S/C7H8O4/c1-3-5-7(9)10-4(2)6(8)11-5/h3-5H,1H2,2H3/t4-,5-/m0/s1. The average Bonchev–Trinajstić information content (AvgIpc) is 1.97. The van der Waals surface area contributed by atoms with Gasteiger partial charge in [0.2, 0.25) is 6.10 Å². The molecular weight excluding hydrogens is 148 g/mol. The highest BCUT2D eigenvalue weighted by Crippen LogP contribution is 2.10. The number of cyclic esters (lactones) is 2. The zero-order valence-electron chi connectivity index (χ0n) is 6.07. The lowest BCUT2D eigenvalue weighted by molar-refractivity contribution is -0.189. The lowest BCUT2D eigenvalue weighted by Crippen LogP contribution is -2.41. The van der Waals surface area contributed by atoms with E-state index in [9.17, 15) is 9.59 Å². The van der Waals surface area contributed by atoms with Gasteiger partial charge in [0.05, 0.1) is 0 Å². The van der Waals surface area contributed by atoms with Gasteiger partial charge < -0.3 is 9.47 Å². The molecule has 0 N–H and O–H groups in total. The maximum absolute atomic E-state index is 10.8. The van der Waals surface area contributed by atoms with E-state index in [4.69, 9.17) is 0 Å². The van der Waals surface area contributed by atoms with Crippen molar-refractivity contribution in [2.45, 2.75) is 19.1 Å². The second-order valence-corrected chi connectivity index (χ2v) is 2.17. The SMILES string of the molecule is C=C[C@@H]1OC(=O)[C@H](C)OC1=O. The predicted molar refractivity (Wildman–Crippen MR) is 35.6 cm³/mol. The third-order valence-electron chi connectivity index (χ3n) is 1.31. The fourth-order valence-electron chi connectivity index (χ4n) is 0.703. The summed E-state index contributed by atoms with van der Waals surface area (Å²) in [6, 6.07) is 0. The molecule has 0 aromatic heterocycles. The molecule has 0 saturated carbocycles. The van der Waals surface area contributed by atoms with E-state index in [0.717, 1.165) is 0 Å². The Bertz CT molecular complexity index is 208. The van der Waals surface area contributed by atoms with Gasteiger partial charge in [0.15, 0.2) is 6.10 Å². The Morgan fingerprint density at radius 3 is 2.55 bits per heavy atom. The Hall–Kier alpha value is -1.32. The summed E-state index contributed by atoms with van der Waals surface area (Å²) in [6.07, 6.45) is -0.496. The summed E-state index contributed by atoms with van der Waals surface area (Å²) < 4.78 is 9.25. The molecule has 0 aliphatic carbocycles. The van der Waals surface area contributed by atoms with Gasteiger partial charge in [0, 0.05) is 0 Å². The summed E-state index contributed by atoms with van der Waals surface area (Å²) in [5, 5.41) is 0. The van der Waals surface area contributed by atoms with Crippen molar-refractivity contribution in [1.29, 1.82) is 0 Å². The molecule has 1 fully saturated rings. The van der Waals surface area contributed by atoms with E-state index in [1.165, 1.54) is 13.0 Å². The first-order valence-corrected chi connectivity index (χ1v) is 3.18. The zero-order chi connectivity index (χ0) is 8.43. The van der Waals surface area contributed by atoms with Crippen LogP contribution in [0.5, 0.6) is 0 Å². The van der Waals surface area contributed by atoms with Crippen LogP contribution in [0.4, 0.5) is 0 Å². The van der Waals surface area contributed by atoms with Crippen molar-refractivity contribution in [3.8, 4) is 0 Å². The smallest absolute Gasteiger partial charge is 0.352 e. The van der Waals surface area contributed by atoms with Gasteiger partial charge in [-0.25, -0.2) is 9.59 Å². The van der Waals surface area contributed by atoms with Gasteiger partial charge in [-0.2, -0.15) is 0 Å². The summed E-state index contributed by atoms with van der Waals surface area (Å²) in [7, 11) is 0. The largest absolute Gasteiger partial charge is 0.448 e. The number of carbonyl (C=O) groups excluding carboxylic acids is 2. The molecule has 60 valence electrons. The van der Waals surface area contributed by atoms with Crippen molar-refractivity contribution < 1.29 is 19.1 Å². The summed E-state index contributed by atoms with van der Waals surface area (Å²) in [5.41, 5.74) is 0. The molecule has 0 aromatic rings. The lowest BCUT2D eigenvalue weighted by Gasteiger charge is -2.22. The van der Waals surface area contributed by atoms with Crippen LogP contribution in [0, 0.1) is 0 Å². The van der Waals surface area contributed by atoms with Gasteiger partial charge in [-0.1, -0.05) is 6.58 Å². The maximum atomic E-state index is 10.8. The Morgan fingerprint density at radius 2 is 2.00 bits per heavy atom. The second kappa shape index (κ2) is 2.74. The van der Waals surface area contributed by atoms with Crippen LogP contribution in [0.25, 0.3) is 0 Å². The van der Waals surface area contributed by atoms with E-state index in [2.05, 4.69) is 16.1 Å². The molecule has 0 aromatic carbocycles. The first kappa shape index (κ1) is 7.78. The Kier molecular flexibility index (Phi) is 1.94. The fourth-order valence-corrected chi connectivity index (χ4v) is 0.703. The summed E-state index contributed by atoms with van der Waals surface area (Å²) in [6.45, 7) is 4.77. The number of rotatable bonds is 1. The van der Waals surface area contributed by atoms with E-state index in [1.54, 1.807) is 0 Å². The highest BCUT2D eigenvalue weighted by molar-refractivity contribution is 5.88. The number of hydrogen-bond acceptors (Lipinski definition) is 4. The molecule has 0 bridgehead atoms. The molecule has 0 radical (unpaired) electrons. The van der Waals surface area contributed by atoms with Crippen LogP contribution >= 0.6 is 0 Å². The van der Waals surface area contributed by atoms with Gasteiger partial charge in [-0.15, -0.1) is 0 Å². The molecule has 0 spiro atoms. The first-order chi connectivity index (χ1) is 5.15. The Balaban J connectivity index is 2.69.